The van der Waals surface area contributed by atoms with Crippen molar-refractivity contribution in [1.82, 2.24) is 10.2 Å². The average Bonchev–Trinajstić information content (AvgIpc) is 3.50. The second kappa shape index (κ2) is 10.8. The van der Waals surface area contributed by atoms with E-state index in [4.69, 9.17) is 20.8 Å². The molecule has 3 aromatic rings. The topological polar surface area (TPSA) is 78.3 Å². The van der Waals surface area contributed by atoms with Gasteiger partial charge < -0.3 is 19.4 Å². The van der Waals surface area contributed by atoms with Gasteiger partial charge in [-0.15, -0.1) is 0 Å². The molecule has 10 heteroatoms. The Kier molecular flexibility index (Phi) is 7.34. The molecule has 0 radical (unpaired) electrons. The van der Waals surface area contributed by atoms with Crippen molar-refractivity contribution in [1.29, 1.82) is 0 Å². The Hall–Kier alpha value is -3.56. The Morgan fingerprint density at radius 1 is 1.08 bits per heavy atom. The normalized spacial score (nSPS) is 18.2. The number of nitrogens with zero attached hydrogens (tertiary/aromatic N) is 3. The molecule has 0 saturated carbocycles. The molecule has 2 aliphatic rings. The van der Waals surface area contributed by atoms with Gasteiger partial charge in [-0.2, -0.15) is 0 Å². The van der Waals surface area contributed by atoms with Crippen molar-refractivity contribution < 1.29 is 23.1 Å². The molecule has 0 unspecified atom stereocenters. The number of cyclic esters (lactones) is 1. The zero-order valence-electron chi connectivity index (χ0n) is 20.5. The largest absolute Gasteiger partial charge is 0.460 e. The summed E-state index contributed by atoms with van der Waals surface area (Å²) in [7, 11) is 0. The molecule has 2 amide bonds. The molecule has 5 rings (SSSR count). The minimum Gasteiger partial charge on any atom is -0.460 e. The van der Waals surface area contributed by atoms with Crippen LogP contribution < -0.4 is 15.1 Å². The van der Waals surface area contributed by atoms with Crippen LogP contribution >= 0.6 is 11.6 Å². The number of furan rings is 1. The SMILES string of the molecule is CC(=O)NC[C@H]1CN(c2ccc(N3CCN(Cc4ccc(-c5ccc(Cl)cc5)o4)CC3)c(F)c2)C(=O)O1. The standard InChI is InChI=1S/C27H28ClFN4O4/c1-18(34)30-15-23-17-33(27(35)37-23)21-6-8-25(24(29)14-21)32-12-10-31(11-13-32)16-22-7-9-26(36-22)19-2-4-20(28)5-3-19/h2-9,14,23H,10-13,15-17H2,1H3,(H,30,34)/t23-/m0/s1. The van der Waals surface area contributed by atoms with Gasteiger partial charge in [0, 0.05) is 43.7 Å². The smallest absolute Gasteiger partial charge is 0.414 e. The lowest BCUT2D eigenvalue weighted by atomic mass is 10.2. The number of hydrogen-bond donors (Lipinski definition) is 1. The van der Waals surface area contributed by atoms with Crippen LogP contribution in [-0.2, 0) is 16.1 Å². The maximum Gasteiger partial charge on any atom is 0.414 e. The highest BCUT2D eigenvalue weighted by Gasteiger charge is 2.33. The lowest BCUT2D eigenvalue weighted by Crippen LogP contribution is -2.46. The first-order chi connectivity index (χ1) is 17.9. The Morgan fingerprint density at radius 3 is 2.54 bits per heavy atom. The molecule has 2 fully saturated rings. The zero-order valence-corrected chi connectivity index (χ0v) is 21.2. The number of hydrogen-bond acceptors (Lipinski definition) is 6. The van der Waals surface area contributed by atoms with Gasteiger partial charge in [0.15, 0.2) is 0 Å². The van der Waals surface area contributed by atoms with Crippen LogP contribution in [0.1, 0.15) is 12.7 Å². The molecule has 2 aromatic carbocycles. The Labute approximate surface area is 219 Å². The summed E-state index contributed by atoms with van der Waals surface area (Å²) in [6.07, 6.45) is -1.02. The molecule has 8 nitrogen and oxygen atoms in total. The van der Waals surface area contributed by atoms with E-state index in [1.165, 1.54) is 17.9 Å². The molecule has 2 aliphatic heterocycles. The first-order valence-electron chi connectivity index (χ1n) is 12.2. The highest BCUT2D eigenvalue weighted by molar-refractivity contribution is 6.30. The molecule has 194 valence electrons. The summed E-state index contributed by atoms with van der Waals surface area (Å²) in [5, 5.41) is 3.32. The van der Waals surface area contributed by atoms with Crippen molar-refractivity contribution in [3.05, 3.63) is 71.2 Å². The first-order valence-corrected chi connectivity index (χ1v) is 12.6. The van der Waals surface area contributed by atoms with Crippen LogP contribution in [-0.4, -0.2) is 62.3 Å². The summed E-state index contributed by atoms with van der Waals surface area (Å²) in [4.78, 5) is 29.0. The van der Waals surface area contributed by atoms with Crippen LogP contribution in [0, 0.1) is 5.82 Å². The van der Waals surface area contributed by atoms with Crippen molar-refractivity contribution >= 4 is 35.0 Å². The van der Waals surface area contributed by atoms with E-state index < -0.39 is 12.2 Å². The summed E-state index contributed by atoms with van der Waals surface area (Å²) in [6, 6.07) is 16.3. The fourth-order valence-electron chi connectivity index (χ4n) is 4.62. The third kappa shape index (κ3) is 5.89. The minimum absolute atomic E-state index is 0.197. The molecular weight excluding hydrogens is 499 g/mol. The zero-order chi connectivity index (χ0) is 25.9. The number of carbonyl (C=O) groups excluding carboxylic acids is 2. The molecule has 2 saturated heterocycles. The molecule has 1 atom stereocenters. The van der Waals surface area contributed by atoms with Gasteiger partial charge in [0.1, 0.15) is 23.4 Å². The molecule has 0 bridgehead atoms. The maximum atomic E-state index is 15.1. The van der Waals surface area contributed by atoms with E-state index in [2.05, 4.69) is 10.2 Å². The first kappa shape index (κ1) is 25.1. The fourth-order valence-corrected chi connectivity index (χ4v) is 4.74. The Balaban J connectivity index is 1.15. The predicted octanol–water partition coefficient (Wildman–Crippen LogP) is 4.52. The van der Waals surface area contributed by atoms with Gasteiger partial charge in [-0.25, -0.2) is 9.18 Å². The van der Waals surface area contributed by atoms with Crippen LogP contribution in [0.25, 0.3) is 11.3 Å². The fraction of sp³-hybridized carbons (Fsp3) is 0.333. The quantitative estimate of drug-likeness (QED) is 0.487. The molecule has 3 heterocycles. The van der Waals surface area contributed by atoms with Crippen molar-refractivity contribution in [3.8, 4) is 11.3 Å². The second-order valence-electron chi connectivity index (χ2n) is 9.23. The average molecular weight is 527 g/mol. The second-order valence-corrected chi connectivity index (χ2v) is 9.66. The number of halogens is 2. The van der Waals surface area contributed by atoms with E-state index in [1.807, 2.05) is 41.3 Å². The van der Waals surface area contributed by atoms with E-state index in [1.54, 1.807) is 12.1 Å². The van der Waals surface area contributed by atoms with E-state index in [0.29, 0.717) is 36.0 Å². The monoisotopic (exact) mass is 526 g/mol. The van der Waals surface area contributed by atoms with Gasteiger partial charge in [0.05, 0.1) is 31.0 Å². The number of carbonyl (C=O) groups is 2. The summed E-state index contributed by atoms with van der Waals surface area (Å²) in [6.45, 7) is 5.43. The Bertz CT molecular complexity index is 1270. The summed E-state index contributed by atoms with van der Waals surface area (Å²) >= 11 is 5.97. The Morgan fingerprint density at radius 2 is 1.84 bits per heavy atom. The van der Waals surface area contributed by atoms with E-state index in [0.717, 1.165) is 30.2 Å². The summed E-state index contributed by atoms with van der Waals surface area (Å²) in [5.74, 6) is 1.10. The van der Waals surface area contributed by atoms with Crippen molar-refractivity contribution in [2.45, 2.75) is 19.6 Å². The maximum absolute atomic E-state index is 15.1. The number of nitrogens with one attached hydrogen (secondary N) is 1. The third-order valence-corrected chi connectivity index (χ3v) is 6.83. The molecule has 0 aliphatic carbocycles. The van der Waals surface area contributed by atoms with Crippen molar-refractivity contribution in [3.63, 3.8) is 0 Å². The number of anilines is 2. The highest BCUT2D eigenvalue weighted by atomic mass is 35.5. The van der Waals surface area contributed by atoms with Gasteiger partial charge in [0.2, 0.25) is 5.91 Å². The third-order valence-electron chi connectivity index (χ3n) is 6.58. The van der Waals surface area contributed by atoms with Gasteiger partial charge in [0.25, 0.3) is 0 Å². The highest BCUT2D eigenvalue weighted by Crippen LogP contribution is 2.29. The molecule has 0 spiro atoms. The molecule has 37 heavy (non-hydrogen) atoms. The molecule has 1 aromatic heterocycles. The lowest BCUT2D eigenvalue weighted by molar-refractivity contribution is -0.119. The molecular formula is C27H28ClFN4O4. The number of ether oxygens (including phenoxy) is 1. The number of rotatable bonds is 7. The van der Waals surface area contributed by atoms with Crippen LogP contribution in [0.3, 0.4) is 0 Å². The lowest BCUT2D eigenvalue weighted by Gasteiger charge is -2.36. The van der Waals surface area contributed by atoms with Crippen LogP contribution in [0.4, 0.5) is 20.6 Å². The van der Waals surface area contributed by atoms with Crippen molar-refractivity contribution in [2.75, 3.05) is 49.1 Å². The van der Waals surface area contributed by atoms with E-state index in [9.17, 15) is 9.59 Å². The number of benzene rings is 2. The minimum atomic E-state index is -0.548. The van der Waals surface area contributed by atoms with Gasteiger partial charge >= 0.3 is 6.09 Å². The molecule has 1 N–H and O–H groups in total. The van der Waals surface area contributed by atoms with E-state index >= 15 is 4.39 Å². The van der Waals surface area contributed by atoms with Crippen LogP contribution in [0.2, 0.25) is 5.02 Å². The number of piperazine rings is 1. The predicted molar refractivity (Wildman–Crippen MR) is 139 cm³/mol. The van der Waals surface area contributed by atoms with Crippen LogP contribution in [0.15, 0.2) is 59.0 Å². The van der Waals surface area contributed by atoms with Gasteiger partial charge in [-0.1, -0.05) is 11.6 Å². The van der Waals surface area contributed by atoms with Gasteiger partial charge in [-0.05, 0) is 54.6 Å². The van der Waals surface area contributed by atoms with Gasteiger partial charge in [-0.3, -0.25) is 14.6 Å². The number of amides is 2. The van der Waals surface area contributed by atoms with Crippen LogP contribution in [0.5, 0.6) is 0 Å². The van der Waals surface area contributed by atoms with Crippen molar-refractivity contribution in [2.24, 2.45) is 0 Å². The summed E-state index contributed by atoms with van der Waals surface area (Å²) < 4.78 is 26.4. The van der Waals surface area contributed by atoms with E-state index in [-0.39, 0.29) is 24.8 Å². The summed E-state index contributed by atoms with van der Waals surface area (Å²) in [5.41, 5.74) is 1.92.